The van der Waals surface area contributed by atoms with Gasteiger partial charge in [-0.2, -0.15) is 0 Å². The van der Waals surface area contributed by atoms with E-state index in [0.29, 0.717) is 24.2 Å². The number of benzene rings is 2. The number of carbonyl (C=O) groups excluding carboxylic acids is 1. The molecule has 0 spiro atoms. The van der Waals surface area contributed by atoms with Crippen molar-refractivity contribution in [2.24, 2.45) is 5.92 Å². The summed E-state index contributed by atoms with van der Waals surface area (Å²) in [5, 5.41) is 9.10. The second kappa shape index (κ2) is 8.62. The summed E-state index contributed by atoms with van der Waals surface area (Å²) in [6.07, 6.45) is 3.31. The van der Waals surface area contributed by atoms with Gasteiger partial charge in [-0.15, -0.1) is 0 Å². The summed E-state index contributed by atoms with van der Waals surface area (Å²) >= 11 is 0. The Morgan fingerprint density at radius 3 is 2.52 bits per heavy atom. The van der Waals surface area contributed by atoms with Gasteiger partial charge in [-0.3, -0.25) is 0 Å². The largest absolute Gasteiger partial charge is 0.336 e. The minimum atomic E-state index is -0.317. The first-order valence-electron chi connectivity index (χ1n) is 8.77. The van der Waals surface area contributed by atoms with E-state index in [1.807, 2.05) is 6.07 Å². The lowest BCUT2D eigenvalue weighted by Crippen LogP contribution is -2.47. The molecule has 4 nitrogen and oxygen atoms in total. The van der Waals surface area contributed by atoms with Gasteiger partial charge in [0, 0.05) is 18.3 Å². The molecule has 2 atom stereocenters. The molecule has 0 radical (unpaired) electrons. The van der Waals surface area contributed by atoms with E-state index >= 15 is 0 Å². The minimum Gasteiger partial charge on any atom is -0.336 e. The number of halogens is 1. The summed E-state index contributed by atoms with van der Waals surface area (Å²) in [7, 11) is 0. The lowest BCUT2D eigenvalue weighted by molar-refractivity contribution is 0.247. The van der Waals surface area contributed by atoms with Gasteiger partial charge in [0.15, 0.2) is 0 Å². The van der Waals surface area contributed by atoms with Crippen molar-refractivity contribution in [2.75, 3.05) is 18.4 Å². The average molecular weight is 341 g/mol. The quantitative estimate of drug-likeness (QED) is 0.779. The van der Waals surface area contributed by atoms with Crippen LogP contribution in [0.25, 0.3) is 0 Å². The van der Waals surface area contributed by atoms with Gasteiger partial charge in [-0.1, -0.05) is 30.3 Å². The van der Waals surface area contributed by atoms with E-state index in [1.165, 1.54) is 17.7 Å². The summed E-state index contributed by atoms with van der Waals surface area (Å²) in [4.78, 5) is 11.9. The van der Waals surface area contributed by atoms with E-state index in [1.54, 1.807) is 12.1 Å². The maximum absolute atomic E-state index is 12.8. The fourth-order valence-corrected chi connectivity index (χ4v) is 3.19. The standard InChI is InChI=1S/C20H24FN3O/c21-17-7-10-18(11-8-17)24-20(25)23-14-19-9-6-16(13-22-19)12-15-4-2-1-3-5-15/h1-5,7-8,10-11,16,19,22H,6,9,12-14H2,(H2,23,24,25)/t16-,19+/m0/s1. The SMILES string of the molecule is O=C(NC[C@H]1CC[C@@H](Cc2ccccc2)CN1)Nc1ccc(F)cc1. The lowest BCUT2D eigenvalue weighted by Gasteiger charge is -2.30. The fourth-order valence-electron chi connectivity index (χ4n) is 3.19. The third kappa shape index (κ3) is 5.57. The molecule has 5 heteroatoms. The number of rotatable bonds is 5. The summed E-state index contributed by atoms with van der Waals surface area (Å²) in [6, 6.07) is 16.3. The zero-order valence-corrected chi connectivity index (χ0v) is 14.2. The molecule has 1 saturated heterocycles. The smallest absolute Gasteiger partial charge is 0.319 e. The molecule has 0 bridgehead atoms. The Labute approximate surface area is 147 Å². The Bertz CT molecular complexity index is 667. The number of hydrogen-bond donors (Lipinski definition) is 3. The van der Waals surface area contributed by atoms with Crippen LogP contribution < -0.4 is 16.0 Å². The molecule has 25 heavy (non-hydrogen) atoms. The zero-order chi connectivity index (χ0) is 17.5. The zero-order valence-electron chi connectivity index (χ0n) is 14.2. The molecular formula is C20H24FN3O. The van der Waals surface area contributed by atoms with Crippen molar-refractivity contribution in [1.82, 2.24) is 10.6 Å². The van der Waals surface area contributed by atoms with Crippen molar-refractivity contribution in [3.8, 4) is 0 Å². The Hall–Kier alpha value is -2.40. The van der Waals surface area contributed by atoms with Gasteiger partial charge in [-0.25, -0.2) is 9.18 Å². The first-order chi connectivity index (χ1) is 12.2. The second-order valence-corrected chi connectivity index (χ2v) is 6.58. The number of amides is 2. The highest BCUT2D eigenvalue weighted by Crippen LogP contribution is 2.19. The van der Waals surface area contributed by atoms with E-state index in [2.05, 4.69) is 40.2 Å². The van der Waals surface area contributed by atoms with Crippen molar-refractivity contribution in [3.05, 3.63) is 66.0 Å². The number of anilines is 1. The molecule has 1 aliphatic heterocycles. The highest BCUT2D eigenvalue weighted by Gasteiger charge is 2.21. The molecule has 0 saturated carbocycles. The second-order valence-electron chi connectivity index (χ2n) is 6.58. The molecule has 2 aromatic carbocycles. The first kappa shape index (κ1) is 17.4. The van der Waals surface area contributed by atoms with Crippen molar-refractivity contribution in [1.29, 1.82) is 0 Å². The predicted molar refractivity (Wildman–Crippen MR) is 98.1 cm³/mol. The summed E-state index contributed by atoms with van der Waals surface area (Å²) in [5.74, 6) is 0.328. The average Bonchev–Trinajstić information content (AvgIpc) is 2.64. The maximum atomic E-state index is 12.8. The topological polar surface area (TPSA) is 53.2 Å². The molecule has 1 fully saturated rings. The highest BCUT2D eigenvalue weighted by molar-refractivity contribution is 5.89. The van der Waals surface area contributed by atoms with Crippen LogP contribution in [0.1, 0.15) is 18.4 Å². The summed E-state index contributed by atoms with van der Waals surface area (Å²) in [5.41, 5.74) is 1.96. The van der Waals surface area contributed by atoms with Crippen molar-refractivity contribution < 1.29 is 9.18 Å². The molecule has 0 aliphatic carbocycles. The van der Waals surface area contributed by atoms with Crippen LogP contribution in [0.3, 0.4) is 0 Å². The number of piperidine rings is 1. The van der Waals surface area contributed by atoms with Gasteiger partial charge < -0.3 is 16.0 Å². The highest BCUT2D eigenvalue weighted by atomic mass is 19.1. The van der Waals surface area contributed by atoms with Crippen molar-refractivity contribution >= 4 is 11.7 Å². The van der Waals surface area contributed by atoms with Crippen LogP contribution in [0.2, 0.25) is 0 Å². The predicted octanol–water partition coefficient (Wildman–Crippen LogP) is 3.56. The van der Waals surface area contributed by atoms with Crippen LogP contribution in [0.15, 0.2) is 54.6 Å². The van der Waals surface area contributed by atoms with Gasteiger partial charge in [-0.05, 0) is 61.6 Å². The Kier molecular flexibility index (Phi) is 6.01. The monoisotopic (exact) mass is 341 g/mol. The Balaban J connectivity index is 1.36. The number of nitrogens with one attached hydrogen (secondary N) is 3. The number of hydrogen-bond acceptors (Lipinski definition) is 2. The third-order valence-electron chi connectivity index (χ3n) is 4.60. The van der Waals surface area contributed by atoms with E-state index < -0.39 is 0 Å². The normalized spacial score (nSPS) is 20.0. The molecule has 0 unspecified atom stereocenters. The molecule has 2 aromatic rings. The van der Waals surface area contributed by atoms with Crippen molar-refractivity contribution in [2.45, 2.75) is 25.3 Å². The minimum absolute atomic E-state index is 0.264. The molecule has 132 valence electrons. The number of carbonyl (C=O) groups is 1. The molecule has 1 heterocycles. The molecule has 1 aliphatic rings. The van der Waals surface area contributed by atoms with Crippen LogP contribution in [-0.4, -0.2) is 25.2 Å². The molecule has 3 N–H and O–H groups in total. The van der Waals surface area contributed by atoms with E-state index in [0.717, 1.165) is 25.8 Å². The third-order valence-corrected chi connectivity index (χ3v) is 4.60. The van der Waals surface area contributed by atoms with E-state index in [4.69, 9.17) is 0 Å². The van der Waals surface area contributed by atoms with E-state index in [-0.39, 0.29) is 11.8 Å². The Morgan fingerprint density at radius 2 is 1.84 bits per heavy atom. The van der Waals surface area contributed by atoms with E-state index in [9.17, 15) is 9.18 Å². The summed E-state index contributed by atoms with van der Waals surface area (Å²) < 4.78 is 12.8. The van der Waals surface area contributed by atoms with Crippen LogP contribution in [-0.2, 0) is 6.42 Å². The van der Waals surface area contributed by atoms with Crippen LogP contribution in [0.4, 0.5) is 14.9 Å². The molecule has 0 aromatic heterocycles. The van der Waals surface area contributed by atoms with Crippen molar-refractivity contribution in [3.63, 3.8) is 0 Å². The van der Waals surface area contributed by atoms with Crippen LogP contribution in [0.5, 0.6) is 0 Å². The fraction of sp³-hybridized carbons (Fsp3) is 0.350. The maximum Gasteiger partial charge on any atom is 0.319 e. The number of urea groups is 1. The van der Waals surface area contributed by atoms with Gasteiger partial charge in [0.1, 0.15) is 5.82 Å². The molecule has 3 rings (SSSR count). The molecular weight excluding hydrogens is 317 g/mol. The van der Waals surface area contributed by atoms with Crippen LogP contribution in [0, 0.1) is 11.7 Å². The van der Waals surface area contributed by atoms with Gasteiger partial charge >= 0.3 is 6.03 Å². The van der Waals surface area contributed by atoms with Crippen LogP contribution >= 0.6 is 0 Å². The molecule has 2 amide bonds. The first-order valence-corrected chi connectivity index (χ1v) is 8.77. The van der Waals surface area contributed by atoms with Gasteiger partial charge in [0.05, 0.1) is 0 Å². The summed E-state index contributed by atoms with van der Waals surface area (Å²) in [6.45, 7) is 1.56. The van der Waals surface area contributed by atoms with Gasteiger partial charge in [0.2, 0.25) is 0 Å². The van der Waals surface area contributed by atoms with Gasteiger partial charge in [0.25, 0.3) is 0 Å². The lowest BCUT2D eigenvalue weighted by atomic mass is 9.89. The Morgan fingerprint density at radius 1 is 1.08 bits per heavy atom.